The lowest BCUT2D eigenvalue weighted by Crippen LogP contribution is -2.28. The van der Waals surface area contributed by atoms with Gasteiger partial charge in [-0.05, 0) is 30.5 Å². The van der Waals surface area contributed by atoms with Crippen LogP contribution >= 0.6 is 0 Å². The molecule has 0 aliphatic carbocycles. The number of hydrogen-bond acceptors (Lipinski definition) is 4. The Kier molecular flexibility index (Phi) is 4.84. The third-order valence-corrected chi connectivity index (χ3v) is 3.76. The van der Waals surface area contributed by atoms with E-state index < -0.39 is 0 Å². The number of carbonyl (C=O) groups is 1. The molecule has 0 saturated carbocycles. The van der Waals surface area contributed by atoms with E-state index in [1.165, 1.54) is 0 Å². The highest BCUT2D eigenvalue weighted by Crippen LogP contribution is 2.31. The predicted molar refractivity (Wildman–Crippen MR) is 77.0 cm³/mol. The van der Waals surface area contributed by atoms with Crippen LogP contribution in [0.1, 0.15) is 12.0 Å². The molecule has 5 heteroatoms. The van der Waals surface area contributed by atoms with Crippen LogP contribution in [0.3, 0.4) is 0 Å². The van der Waals surface area contributed by atoms with Gasteiger partial charge in [-0.2, -0.15) is 0 Å². The van der Waals surface area contributed by atoms with Crippen LogP contribution in [0.5, 0.6) is 11.5 Å². The first kappa shape index (κ1) is 14.7. The van der Waals surface area contributed by atoms with E-state index in [4.69, 9.17) is 15.2 Å². The van der Waals surface area contributed by atoms with Crippen LogP contribution in [0, 0.1) is 5.92 Å². The van der Waals surface area contributed by atoms with Crippen LogP contribution < -0.4 is 15.2 Å². The van der Waals surface area contributed by atoms with E-state index in [0.29, 0.717) is 25.4 Å². The molecule has 0 bridgehead atoms. The highest BCUT2D eigenvalue weighted by atomic mass is 16.5. The van der Waals surface area contributed by atoms with Crippen molar-refractivity contribution in [2.24, 2.45) is 11.7 Å². The molecule has 1 heterocycles. The van der Waals surface area contributed by atoms with Gasteiger partial charge in [-0.1, -0.05) is 12.1 Å². The second-order valence-corrected chi connectivity index (χ2v) is 5.05. The van der Waals surface area contributed by atoms with E-state index in [0.717, 1.165) is 30.0 Å². The number of ether oxygens (including phenoxy) is 2. The standard InChI is InChI=1S/C15H22N2O3/c1-19-13-5-3-4-12(15(13)20-2)6-7-17-10-11(9-16)8-14(17)18/h3-5,11H,6-10,16H2,1-2H3. The van der Waals surface area contributed by atoms with E-state index in [-0.39, 0.29) is 5.91 Å². The molecule has 1 aliphatic heterocycles. The molecule has 1 saturated heterocycles. The fraction of sp³-hybridized carbons (Fsp3) is 0.533. The Hall–Kier alpha value is -1.75. The predicted octanol–water partition coefficient (Wildman–Crippen LogP) is 1.05. The van der Waals surface area contributed by atoms with Crippen molar-refractivity contribution < 1.29 is 14.3 Å². The van der Waals surface area contributed by atoms with Gasteiger partial charge in [0.2, 0.25) is 5.91 Å². The van der Waals surface area contributed by atoms with Crippen LogP contribution in [0.25, 0.3) is 0 Å². The molecule has 1 unspecified atom stereocenters. The molecule has 1 aromatic rings. The lowest BCUT2D eigenvalue weighted by molar-refractivity contribution is -0.127. The van der Waals surface area contributed by atoms with Gasteiger partial charge < -0.3 is 20.1 Å². The number of nitrogens with zero attached hydrogens (tertiary/aromatic N) is 1. The zero-order valence-electron chi connectivity index (χ0n) is 12.1. The average molecular weight is 278 g/mol. The number of nitrogens with two attached hydrogens (primary N) is 1. The first-order valence-corrected chi connectivity index (χ1v) is 6.87. The topological polar surface area (TPSA) is 64.8 Å². The largest absolute Gasteiger partial charge is 0.493 e. The quantitative estimate of drug-likeness (QED) is 0.845. The monoisotopic (exact) mass is 278 g/mol. The maximum atomic E-state index is 11.9. The molecule has 5 nitrogen and oxygen atoms in total. The molecule has 2 rings (SSSR count). The Morgan fingerprint density at radius 3 is 2.75 bits per heavy atom. The van der Waals surface area contributed by atoms with Crippen molar-refractivity contribution >= 4 is 5.91 Å². The van der Waals surface area contributed by atoms with Crippen molar-refractivity contribution in [1.29, 1.82) is 0 Å². The maximum Gasteiger partial charge on any atom is 0.222 e. The summed E-state index contributed by atoms with van der Waals surface area (Å²) in [6.07, 6.45) is 1.33. The molecular weight excluding hydrogens is 256 g/mol. The van der Waals surface area contributed by atoms with E-state index in [1.54, 1.807) is 14.2 Å². The number of amides is 1. The Morgan fingerprint density at radius 1 is 1.35 bits per heavy atom. The van der Waals surface area contributed by atoms with Gasteiger partial charge in [0.1, 0.15) is 0 Å². The van der Waals surface area contributed by atoms with E-state index in [2.05, 4.69) is 0 Å². The molecule has 110 valence electrons. The van der Waals surface area contributed by atoms with Crippen LogP contribution in [0.4, 0.5) is 0 Å². The molecule has 0 spiro atoms. The fourth-order valence-electron chi connectivity index (χ4n) is 2.63. The third-order valence-electron chi connectivity index (χ3n) is 3.76. The molecule has 20 heavy (non-hydrogen) atoms. The number of methoxy groups -OCH3 is 2. The zero-order chi connectivity index (χ0) is 14.5. The Morgan fingerprint density at radius 2 is 2.15 bits per heavy atom. The minimum Gasteiger partial charge on any atom is -0.493 e. The van der Waals surface area contributed by atoms with Gasteiger partial charge >= 0.3 is 0 Å². The number of rotatable bonds is 6. The number of benzene rings is 1. The Bertz CT molecular complexity index is 476. The summed E-state index contributed by atoms with van der Waals surface area (Å²) in [5, 5.41) is 0. The first-order chi connectivity index (χ1) is 9.69. The van der Waals surface area contributed by atoms with Gasteiger partial charge in [-0.15, -0.1) is 0 Å². The Balaban J connectivity index is 2.02. The minimum atomic E-state index is 0.197. The van der Waals surface area contributed by atoms with Gasteiger partial charge in [0.15, 0.2) is 11.5 Å². The molecule has 1 amide bonds. The summed E-state index contributed by atoms with van der Waals surface area (Å²) in [4.78, 5) is 13.7. The van der Waals surface area contributed by atoms with E-state index in [9.17, 15) is 4.79 Å². The summed E-state index contributed by atoms with van der Waals surface area (Å²) in [5.74, 6) is 1.96. The van der Waals surface area contributed by atoms with Crippen molar-refractivity contribution in [3.63, 3.8) is 0 Å². The number of para-hydroxylation sites is 1. The van der Waals surface area contributed by atoms with Crippen LogP contribution in [-0.4, -0.2) is 44.7 Å². The first-order valence-electron chi connectivity index (χ1n) is 6.87. The van der Waals surface area contributed by atoms with Crippen molar-refractivity contribution in [1.82, 2.24) is 4.90 Å². The van der Waals surface area contributed by atoms with Crippen molar-refractivity contribution in [3.8, 4) is 11.5 Å². The molecule has 0 radical (unpaired) electrons. The lowest BCUT2D eigenvalue weighted by atomic mass is 10.1. The van der Waals surface area contributed by atoms with Crippen LogP contribution in [-0.2, 0) is 11.2 Å². The fourth-order valence-corrected chi connectivity index (χ4v) is 2.63. The van der Waals surface area contributed by atoms with Crippen molar-refractivity contribution in [2.75, 3.05) is 33.9 Å². The Labute approximate surface area is 119 Å². The highest BCUT2D eigenvalue weighted by Gasteiger charge is 2.28. The maximum absolute atomic E-state index is 11.9. The van der Waals surface area contributed by atoms with Crippen molar-refractivity contribution in [3.05, 3.63) is 23.8 Å². The third kappa shape index (κ3) is 3.04. The number of hydrogen-bond donors (Lipinski definition) is 1. The van der Waals surface area contributed by atoms with E-state index >= 15 is 0 Å². The molecule has 1 fully saturated rings. The van der Waals surface area contributed by atoms with Gasteiger partial charge in [0, 0.05) is 19.5 Å². The molecule has 1 atom stereocenters. The molecular formula is C15H22N2O3. The number of likely N-dealkylation sites (tertiary alicyclic amines) is 1. The summed E-state index contributed by atoms with van der Waals surface area (Å²) in [5.41, 5.74) is 6.69. The summed E-state index contributed by atoms with van der Waals surface area (Å²) in [7, 11) is 3.25. The summed E-state index contributed by atoms with van der Waals surface area (Å²) < 4.78 is 10.7. The van der Waals surface area contributed by atoms with E-state index in [1.807, 2.05) is 23.1 Å². The summed E-state index contributed by atoms with van der Waals surface area (Å²) in [6, 6.07) is 5.81. The molecule has 2 N–H and O–H groups in total. The van der Waals surface area contributed by atoms with Crippen LogP contribution in [0.15, 0.2) is 18.2 Å². The van der Waals surface area contributed by atoms with Gasteiger partial charge in [-0.25, -0.2) is 0 Å². The lowest BCUT2D eigenvalue weighted by Gasteiger charge is -2.18. The second kappa shape index (κ2) is 6.61. The van der Waals surface area contributed by atoms with Crippen molar-refractivity contribution in [2.45, 2.75) is 12.8 Å². The second-order valence-electron chi connectivity index (χ2n) is 5.05. The molecule has 1 aromatic carbocycles. The average Bonchev–Trinajstić information content (AvgIpc) is 2.84. The van der Waals surface area contributed by atoms with Gasteiger partial charge in [0.25, 0.3) is 0 Å². The normalized spacial score (nSPS) is 18.4. The SMILES string of the molecule is COc1cccc(CCN2CC(CN)CC2=O)c1OC. The summed E-state index contributed by atoms with van der Waals surface area (Å²) >= 11 is 0. The zero-order valence-corrected chi connectivity index (χ0v) is 12.1. The van der Waals surface area contributed by atoms with Gasteiger partial charge in [0.05, 0.1) is 14.2 Å². The van der Waals surface area contributed by atoms with Crippen LogP contribution in [0.2, 0.25) is 0 Å². The smallest absolute Gasteiger partial charge is 0.222 e. The molecule has 1 aliphatic rings. The minimum absolute atomic E-state index is 0.197. The highest BCUT2D eigenvalue weighted by molar-refractivity contribution is 5.78. The molecule has 0 aromatic heterocycles. The number of carbonyl (C=O) groups excluding carboxylic acids is 1. The summed E-state index contributed by atoms with van der Waals surface area (Å²) in [6.45, 7) is 2.03. The van der Waals surface area contributed by atoms with Gasteiger partial charge in [-0.3, -0.25) is 4.79 Å².